The van der Waals surface area contributed by atoms with Crippen molar-refractivity contribution in [1.29, 1.82) is 0 Å². The molecule has 0 heterocycles. The van der Waals surface area contributed by atoms with E-state index in [-0.39, 0.29) is 6.10 Å². The number of hydrogen-bond acceptors (Lipinski definition) is 2. The molecule has 0 radical (unpaired) electrons. The second kappa shape index (κ2) is 7.35. The van der Waals surface area contributed by atoms with E-state index >= 15 is 0 Å². The van der Waals surface area contributed by atoms with Crippen LogP contribution in [0.15, 0.2) is 11.5 Å². The van der Waals surface area contributed by atoms with Crippen molar-refractivity contribution >= 4 is 7.12 Å². The van der Waals surface area contributed by atoms with Crippen LogP contribution in [0.4, 0.5) is 0 Å². The first kappa shape index (κ1) is 14.1. The van der Waals surface area contributed by atoms with Crippen molar-refractivity contribution in [3.8, 4) is 0 Å². The monoisotopic (exact) mass is 250 g/mol. The van der Waals surface area contributed by atoms with Gasteiger partial charge in [-0.25, -0.2) is 0 Å². The summed E-state index contributed by atoms with van der Waals surface area (Å²) in [5, 5.41) is 10.1. The summed E-state index contributed by atoms with van der Waals surface area (Å²) >= 11 is 0. The van der Waals surface area contributed by atoms with Gasteiger partial charge in [0, 0.05) is 6.10 Å². The lowest BCUT2D eigenvalue weighted by molar-refractivity contribution is 0.108. The fourth-order valence-corrected chi connectivity index (χ4v) is 3.32. The maximum atomic E-state index is 10.1. The Kier molecular flexibility index (Phi) is 5.77. The van der Waals surface area contributed by atoms with Gasteiger partial charge in [0.25, 0.3) is 0 Å². The molecule has 0 atom stereocenters. The van der Waals surface area contributed by atoms with E-state index < -0.39 is 7.12 Å². The third-order valence-corrected chi connectivity index (χ3v) is 4.46. The fraction of sp³-hybridized carbons (Fsp3) is 0.867. The molecule has 102 valence electrons. The van der Waals surface area contributed by atoms with Crippen molar-refractivity contribution in [3.63, 3.8) is 0 Å². The van der Waals surface area contributed by atoms with E-state index in [9.17, 15) is 5.02 Å². The van der Waals surface area contributed by atoms with Gasteiger partial charge >= 0.3 is 7.12 Å². The van der Waals surface area contributed by atoms with Gasteiger partial charge in [0.2, 0.25) is 0 Å². The van der Waals surface area contributed by atoms with Crippen LogP contribution in [0.25, 0.3) is 0 Å². The average Bonchev–Trinajstić information content (AvgIpc) is 2.42. The van der Waals surface area contributed by atoms with Crippen molar-refractivity contribution in [2.45, 2.75) is 77.2 Å². The second-order valence-corrected chi connectivity index (χ2v) is 5.94. The zero-order valence-electron chi connectivity index (χ0n) is 11.7. The Hall–Kier alpha value is -0.275. The molecule has 2 aliphatic rings. The maximum Gasteiger partial charge on any atom is 0.486 e. The van der Waals surface area contributed by atoms with E-state index in [0.29, 0.717) is 0 Å². The zero-order valence-corrected chi connectivity index (χ0v) is 11.7. The van der Waals surface area contributed by atoms with Gasteiger partial charge in [-0.15, -0.1) is 0 Å². The van der Waals surface area contributed by atoms with Crippen molar-refractivity contribution < 1.29 is 9.68 Å². The standard InChI is InChI=1S/C15H27BO2/c1-2-6-13-9-11-15(12-10-13)18-16(17)14-7-4-3-5-8-14/h7,13,15,17H,2-6,8-12H2,1H3. The molecule has 0 aliphatic heterocycles. The van der Waals surface area contributed by atoms with E-state index in [1.54, 1.807) is 0 Å². The number of allylic oxidation sites excluding steroid dienone is 2. The summed E-state index contributed by atoms with van der Waals surface area (Å²) in [4.78, 5) is 0. The molecule has 18 heavy (non-hydrogen) atoms. The quantitative estimate of drug-likeness (QED) is 0.750. The lowest BCUT2D eigenvalue weighted by Crippen LogP contribution is -2.31. The molecule has 0 aromatic heterocycles. The van der Waals surface area contributed by atoms with Crippen LogP contribution in [0.2, 0.25) is 0 Å². The highest BCUT2D eigenvalue weighted by Gasteiger charge is 2.28. The highest BCUT2D eigenvalue weighted by Crippen LogP contribution is 2.30. The van der Waals surface area contributed by atoms with Crippen molar-refractivity contribution in [2.24, 2.45) is 5.92 Å². The van der Waals surface area contributed by atoms with Crippen LogP contribution in [-0.4, -0.2) is 18.2 Å². The third kappa shape index (κ3) is 4.13. The lowest BCUT2D eigenvalue weighted by atomic mass is 9.72. The van der Waals surface area contributed by atoms with Crippen LogP contribution in [0, 0.1) is 5.92 Å². The van der Waals surface area contributed by atoms with Gasteiger partial charge in [0.15, 0.2) is 0 Å². The molecule has 1 N–H and O–H groups in total. The van der Waals surface area contributed by atoms with Gasteiger partial charge in [-0.2, -0.15) is 0 Å². The Morgan fingerprint density at radius 3 is 2.67 bits per heavy atom. The molecule has 0 bridgehead atoms. The molecule has 0 unspecified atom stereocenters. The molecule has 2 nitrogen and oxygen atoms in total. The summed E-state index contributed by atoms with van der Waals surface area (Å²) in [7, 11) is -0.627. The summed E-state index contributed by atoms with van der Waals surface area (Å²) in [5.41, 5.74) is 1.12. The maximum absolute atomic E-state index is 10.1. The fourth-order valence-electron chi connectivity index (χ4n) is 3.32. The van der Waals surface area contributed by atoms with Crippen LogP contribution in [0.3, 0.4) is 0 Å². The molecule has 0 aromatic rings. The van der Waals surface area contributed by atoms with E-state index in [1.165, 1.54) is 38.5 Å². The molecular weight excluding hydrogens is 223 g/mol. The summed E-state index contributed by atoms with van der Waals surface area (Å²) in [5.74, 6) is 0.904. The Labute approximate surface area is 112 Å². The SMILES string of the molecule is CCCC1CCC(OB(O)C2=CCCCC2)CC1. The highest BCUT2D eigenvalue weighted by atomic mass is 16.5. The number of hydrogen-bond donors (Lipinski definition) is 1. The summed E-state index contributed by atoms with van der Waals surface area (Å²) in [6.45, 7) is 2.27. The zero-order chi connectivity index (χ0) is 12.8. The molecule has 0 saturated heterocycles. The molecule has 0 aromatic carbocycles. The van der Waals surface area contributed by atoms with Gasteiger partial charge in [-0.05, 0) is 62.8 Å². The smallest absolute Gasteiger partial charge is 0.423 e. The minimum absolute atomic E-state index is 0.288. The van der Waals surface area contributed by atoms with Crippen molar-refractivity contribution in [1.82, 2.24) is 0 Å². The largest absolute Gasteiger partial charge is 0.486 e. The minimum atomic E-state index is -0.627. The second-order valence-electron chi connectivity index (χ2n) is 5.94. The normalized spacial score (nSPS) is 28.9. The van der Waals surface area contributed by atoms with E-state index in [0.717, 1.165) is 37.1 Å². The van der Waals surface area contributed by atoms with Gasteiger partial charge < -0.3 is 9.68 Å². The van der Waals surface area contributed by atoms with Crippen LogP contribution >= 0.6 is 0 Å². The van der Waals surface area contributed by atoms with Gasteiger partial charge in [0.1, 0.15) is 0 Å². The van der Waals surface area contributed by atoms with Gasteiger partial charge in [-0.3, -0.25) is 0 Å². The first-order valence-electron chi connectivity index (χ1n) is 7.82. The molecule has 2 rings (SSSR count). The van der Waals surface area contributed by atoms with Crippen LogP contribution < -0.4 is 0 Å². The minimum Gasteiger partial charge on any atom is -0.423 e. The molecular formula is C15H27BO2. The van der Waals surface area contributed by atoms with Crippen molar-refractivity contribution in [3.05, 3.63) is 11.5 Å². The van der Waals surface area contributed by atoms with E-state index in [4.69, 9.17) is 4.65 Å². The Morgan fingerprint density at radius 1 is 1.28 bits per heavy atom. The molecule has 1 fully saturated rings. The Bertz CT molecular complexity index is 270. The van der Waals surface area contributed by atoms with Gasteiger partial charge in [-0.1, -0.05) is 25.8 Å². The summed E-state index contributed by atoms with van der Waals surface area (Å²) in [6, 6.07) is 0. The molecule has 0 spiro atoms. The van der Waals surface area contributed by atoms with E-state index in [2.05, 4.69) is 13.0 Å². The molecule has 1 saturated carbocycles. The predicted octanol–water partition coefficient (Wildman–Crippen LogP) is 3.88. The topological polar surface area (TPSA) is 29.5 Å². The van der Waals surface area contributed by atoms with E-state index in [1.807, 2.05) is 0 Å². The summed E-state index contributed by atoms with van der Waals surface area (Å²) in [6.07, 6.45) is 14.6. The van der Waals surface area contributed by atoms with Gasteiger partial charge in [0.05, 0.1) is 0 Å². The predicted molar refractivity (Wildman–Crippen MR) is 76.3 cm³/mol. The summed E-state index contributed by atoms with van der Waals surface area (Å²) < 4.78 is 5.84. The molecule has 3 heteroatoms. The lowest BCUT2D eigenvalue weighted by Gasteiger charge is -2.30. The Morgan fingerprint density at radius 2 is 2.06 bits per heavy atom. The van der Waals surface area contributed by atoms with Crippen LogP contribution in [-0.2, 0) is 4.65 Å². The Balaban J connectivity index is 1.72. The first-order chi connectivity index (χ1) is 8.79. The number of rotatable bonds is 5. The first-order valence-corrected chi connectivity index (χ1v) is 7.82. The van der Waals surface area contributed by atoms with Crippen LogP contribution in [0.5, 0.6) is 0 Å². The average molecular weight is 250 g/mol. The van der Waals surface area contributed by atoms with Crippen LogP contribution in [0.1, 0.15) is 71.1 Å². The third-order valence-electron chi connectivity index (χ3n) is 4.46. The molecule has 0 amide bonds. The van der Waals surface area contributed by atoms with Crippen molar-refractivity contribution in [2.75, 3.05) is 0 Å². The highest BCUT2D eigenvalue weighted by molar-refractivity contribution is 6.52. The molecule has 2 aliphatic carbocycles.